The third-order valence-corrected chi connectivity index (χ3v) is 12.7. The van der Waals surface area contributed by atoms with E-state index in [4.69, 9.17) is 18.9 Å². The number of nitrogens with one attached hydrogen (secondary N) is 1. The minimum Gasteiger partial charge on any atom is -0.431 e. The van der Waals surface area contributed by atoms with E-state index in [9.17, 15) is 13.5 Å². The Bertz CT molecular complexity index is 2720. The number of para-hydroxylation sites is 1. The standard InChI is InChI=1S/C48H39N3O6S2/c52-30-32-24-26-37(27-25-32)45-42(33-13-4-1-5-14-33)40(31-58-48-50-44(35-15-6-2-7-16-35)46(57-48)36-17-8-3-9-18-36)55-47(56-45)38-20-10-22-39(29-38)51-59(53,54)41-23-11-19-34-21-12-28-49-43(34)41/h1-29,40,42,45,47,51-52H,30-31H2. The molecular formula is C48H39N3O6S2. The average Bonchev–Trinajstić information content (AvgIpc) is 3.73. The van der Waals surface area contributed by atoms with Crippen LogP contribution >= 0.6 is 11.8 Å². The summed E-state index contributed by atoms with van der Waals surface area (Å²) >= 11 is 1.47. The summed E-state index contributed by atoms with van der Waals surface area (Å²) in [6.45, 7) is -0.0808. The smallest absolute Gasteiger partial charge is 0.264 e. The number of anilines is 1. The summed E-state index contributed by atoms with van der Waals surface area (Å²) in [5, 5.41) is 11.1. The second kappa shape index (κ2) is 17.0. The second-order valence-electron chi connectivity index (χ2n) is 14.2. The molecule has 11 heteroatoms. The van der Waals surface area contributed by atoms with Gasteiger partial charge >= 0.3 is 0 Å². The number of pyridine rings is 1. The van der Waals surface area contributed by atoms with E-state index in [0.717, 1.165) is 38.9 Å². The third-order valence-electron chi connectivity index (χ3n) is 10.3. The Labute approximate surface area is 346 Å². The van der Waals surface area contributed by atoms with Crippen LogP contribution < -0.4 is 4.72 Å². The van der Waals surface area contributed by atoms with Crippen LogP contribution in [0.4, 0.5) is 5.69 Å². The van der Waals surface area contributed by atoms with Crippen molar-refractivity contribution in [2.24, 2.45) is 0 Å². The van der Waals surface area contributed by atoms with Crippen LogP contribution in [0.5, 0.6) is 0 Å². The maximum atomic E-state index is 13.8. The van der Waals surface area contributed by atoms with E-state index < -0.39 is 28.5 Å². The maximum Gasteiger partial charge on any atom is 0.264 e. The number of oxazole rings is 1. The SMILES string of the molecule is O=S(=O)(Nc1cccc(C2OC(CSc3nc(-c4ccccc4)c(-c4ccccc4)o3)C(c3ccccc3)C(c3ccc(CO)cc3)O2)c1)c1cccc2cccnc12. The highest BCUT2D eigenvalue weighted by Crippen LogP contribution is 2.48. The third kappa shape index (κ3) is 8.29. The van der Waals surface area contributed by atoms with Crippen molar-refractivity contribution in [3.05, 3.63) is 198 Å². The monoisotopic (exact) mass is 817 g/mol. The van der Waals surface area contributed by atoms with Gasteiger partial charge in [-0.05, 0) is 41.0 Å². The van der Waals surface area contributed by atoms with Gasteiger partial charge in [-0.25, -0.2) is 13.4 Å². The van der Waals surface area contributed by atoms with Gasteiger partial charge in [-0.1, -0.05) is 157 Å². The van der Waals surface area contributed by atoms with Gasteiger partial charge in [0.25, 0.3) is 15.2 Å². The minimum atomic E-state index is -4.02. The van der Waals surface area contributed by atoms with Gasteiger partial charge in [0.05, 0.1) is 24.3 Å². The molecule has 6 aromatic carbocycles. The Hall–Kier alpha value is -6.08. The highest BCUT2D eigenvalue weighted by molar-refractivity contribution is 7.99. The fourth-order valence-electron chi connectivity index (χ4n) is 7.50. The number of aromatic nitrogens is 2. The summed E-state index contributed by atoms with van der Waals surface area (Å²) in [5.74, 6) is 0.872. The predicted molar refractivity (Wildman–Crippen MR) is 230 cm³/mol. The van der Waals surface area contributed by atoms with Gasteiger partial charge in [0.2, 0.25) is 0 Å². The van der Waals surface area contributed by atoms with Crippen LogP contribution in [0.3, 0.4) is 0 Å². The fourth-order valence-corrected chi connectivity index (χ4v) is 9.62. The lowest BCUT2D eigenvalue weighted by Crippen LogP contribution is -2.38. The molecule has 0 radical (unpaired) electrons. The van der Waals surface area contributed by atoms with Gasteiger partial charge in [-0.3, -0.25) is 9.71 Å². The lowest BCUT2D eigenvalue weighted by molar-refractivity contribution is -0.255. The van der Waals surface area contributed by atoms with Crippen molar-refractivity contribution in [1.82, 2.24) is 9.97 Å². The molecule has 4 unspecified atom stereocenters. The van der Waals surface area contributed by atoms with Crippen LogP contribution in [0.15, 0.2) is 191 Å². The first-order chi connectivity index (χ1) is 28.9. The molecule has 0 bridgehead atoms. The van der Waals surface area contributed by atoms with Gasteiger partial charge in [0.15, 0.2) is 12.1 Å². The highest BCUT2D eigenvalue weighted by Gasteiger charge is 2.42. The highest BCUT2D eigenvalue weighted by atomic mass is 32.2. The van der Waals surface area contributed by atoms with Crippen LogP contribution in [0, 0.1) is 0 Å². The molecule has 1 saturated heterocycles. The molecule has 59 heavy (non-hydrogen) atoms. The van der Waals surface area contributed by atoms with Gasteiger partial charge in [-0.15, -0.1) is 0 Å². The molecular weight excluding hydrogens is 779 g/mol. The number of aliphatic hydroxyl groups is 1. The van der Waals surface area contributed by atoms with E-state index in [1.54, 1.807) is 42.6 Å². The number of hydrogen-bond acceptors (Lipinski definition) is 9. The number of ether oxygens (including phenoxy) is 2. The molecule has 8 aromatic rings. The Morgan fingerprint density at radius 2 is 1.36 bits per heavy atom. The molecule has 4 atom stereocenters. The summed E-state index contributed by atoms with van der Waals surface area (Å²) in [7, 11) is -4.02. The first-order valence-electron chi connectivity index (χ1n) is 19.2. The van der Waals surface area contributed by atoms with E-state index in [2.05, 4.69) is 21.8 Å². The number of fused-ring (bicyclic) bond motifs is 1. The molecule has 294 valence electrons. The Morgan fingerprint density at radius 1 is 0.678 bits per heavy atom. The molecule has 0 saturated carbocycles. The molecule has 0 spiro atoms. The van der Waals surface area contributed by atoms with E-state index in [-0.39, 0.29) is 17.4 Å². The van der Waals surface area contributed by atoms with Crippen LogP contribution in [0.1, 0.15) is 40.6 Å². The summed E-state index contributed by atoms with van der Waals surface area (Å²) in [5.41, 5.74) is 6.72. The molecule has 1 aliphatic heterocycles. The zero-order chi connectivity index (χ0) is 40.2. The zero-order valence-electron chi connectivity index (χ0n) is 31.7. The first kappa shape index (κ1) is 38.4. The van der Waals surface area contributed by atoms with E-state index in [0.29, 0.717) is 33.5 Å². The van der Waals surface area contributed by atoms with E-state index in [1.165, 1.54) is 11.8 Å². The fraction of sp³-hybridized carbons (Fsp3) is 0.125. The number of benzene rings is 6. The molecule has 0 amide bonds. The topological polar surface area (TPSA) is 124 Å². The van der Waals surface area contributed by atoms with Gasteiger partial charge < -0.3 is 19.0 Å². The number of rotatable bonds is 12. The van der Waals surface area contributed by atoms with Crippen LogP contribution in [-0.2, 0) is 26.1 Å². The molecule has 0 aliphatic carbocycles. The molecule has 9 nitrogen and oxygen atoms in total. The van der Waals surface area contributed by atoms with Crippen molar-refractivity contribution in [2.45, 2.75) is 41.1 Å². The van der Waals surface area contributed by atoms with Crippen molar-refractivity contribution in [2.75, 3.05) is 10.5 Å². The van der Waals surface area contributed by atoms with Crippen molar-refractivity contribution < 1.29 is 27.4 Å². The quantitative estimate of drug-likeness (QED) is 0.116. The Kier molecular flexibility index (Phi) is 11.1. The normalized spacial score (nSPS) is 18.1. The lowest BCUT2D eigenvalue weighted by Gasteiger charge is -2.43. The molecule has 2 aromatic heterocycles. The number of aliphatic hydroxyl groups excluding tert-OH is 1. The Balaban J connectivity index is 1.07. The van der Waals surface area contributed by atoms with E-state index >= 15 is 0 Å². The minimum absolute atomic E-state index is 0.0808. The number of nitrogens with zero attached hydrogens (tertiary/aromatic N) is 2. The maximum absolute atomic E-state index is 13.8. The van der Waals surface area contributed by atoms with Gasteiger partial charge in [0, 0.05) is 45.6 Å². The van der Waals surface area contributed by atoms with Crippen molar-refractivity contribution in [3.8, 4) is 22.6 Å². The zero-order valence-corrected chi connectivity index (χ0v) is 33.3. The summed E-state index contributed by atoms with van der Waals surface area (Å²) < 4.78 is 50.8. The van der Waals surface area contributed by atoms with Crippen molar-refractivity contribution in [3.63, 3.8) is 0 Å². The van der Waals surface area contributed by atoms with Crippen LogP contribution in [-0.4, -0.2) is 35.3 Å². The average molecular weight is 818 g/mol. The summed E-state index contributed by atoms with van der Waals surface area (Å²) in [6.07, 6.45) is -0.216. The second-order valence-corrected chi connectivity index (χ2v) is 16.8. The number of hydrogen-bond donors (Lipinski definition) is 2. The summed E-state index contributed by atoms with van der Waals surface area (Å²) in [6, 6.07) is 53.6. The van der Waals surface area contributed by atoms with Gasteiger partial charge in [0.1, 0.15) is 10.6 Å². The molecule has 1 aliphatic rings. The van der Waals surface area contributed by atoms with Gasteiger partial charge in [-0.2, -0.15) is 0 Å². The predicted octanol–water partition coefficient (Wildman–Crippen LogP) is 10.6. The molecule has 9 rings (SSSR count). The van der Waals surface area contributed by atoms with Crippen LogP contribution in [0.2, 0.25) is 0 Å². The summed E-state index contributed by atoms with van der Waals surface area (Å²) in [4.78, 5) is 9.46. The first-order valence-corrected chi connectivity index (χ1v) is 21.7. The van der Waals surface area contributed by atoms with Crippen molar-refractivity contribution in [1.29, 1.82) is 0 Å². The van der Waals surface area contributed by atoms with E-state index in [1.807, 2.05) is 121 Å². The van der Waals surface area contributed by atoms with Crippen molar-refractivity contribution >= 4 is 38.4 Å². The molecule has 1 fully saturated rings. The molecule has 3 heterocycles. The largest absolute Gasteiger partial charge is 0.431 e. The number of thioether (sulfide) groups is 1. The Morgan fingerprint density at radius 3 is 2.10 bits per heavy atom. The lowest BCUT2D eigenvalue weighted by atomic mass is 9.84. The number of sulfonamides is 1. The molecule has 2 N–H and O–H groups in total. The van der Waals surface area contributed by atoms with Crippen LogP contribution in [0.25, 0.3) is 33.5 Å².